The van der Waals surface area contributed by atoms with E-state index in [1.165, 1.54) is 0 Å². The lowest BCUT2D eigenvalue weighted by Crippen LogP contribution is -2.40. The molecule has 0 N–H and O–H groups in total. The van der Waals surface area contributed by atoms with Gasteiger partial charge < -0.3 is 23.8 Å². The summed E-state index contributed by atoms with van der Waals surface area (Å²) in [4.78, 5) is 14.8. The monoisotopic (exact) mass is 341 g/mol. The van der Waals surface area contributed by atoms with E-state index in [1.807, 2.05) is 42.5 Å². The van der Waals surface area contributed by atoms with Crippen LogP contribution in [0.25, 0.3) is 0 Å². The zero-order valence-electron chi connectivity index (χ0n) is 14.2. The minimum atomic E-state index is -1.30. The lowest BCUT2D eigenvalue weighted by Gasteiger charge is -2.22. The Morgan fingerprint density at radius 1 is 1.04 bits per heavy atom. The van der Waals surface area contributed by atoms with Gasteiger partial charge in [-0.15, -0.1) is 0 Å². The normalized spacial score (nSPS) is 17.8. The number of methoxy groups -OCH3 is 2. The number of para-hydroxylation sites is 1. The second-order valence-electron chi connectivity index (χ2n) is 5.91. The van der Waals surface area contributed by atoms with Gasteiger partial charge in [0.25, 0.3) is 11.7 Å². The van der Waals surface area contributed by atoms with Gasteiger partial charge in [0.15, 0.2) is 11.5 Å². The molecule has 0 unspecified atom stereocenters. The van der Waals surface area contributed by atoms with Gasteiger partial charge in [-0.25, -0.2) is 0 Å². The summed E-state index contributed by atoms with van der Waals surface area (Å²) in [5.41, 5.74) is 2.50. The summed E-state index contributed by atoms with van der Waals surface area (Å²) < 4.78 is 22.1. The molecule has 4 rings (SSSR count). The fraction of sp³-hybridized carbons (Fsp3) is 0.316. The molecule has 130 valence electrons. The molecule has 2 aliphatic rings. The topological polar surface area (TPSA) is 57.2 Å². The first kappa shape index (κ1) is 15.9. The third-order valence-electron chi connectivity index (χ3n) is 4.56. The Bertz CT molecular complexity index is 813. The van der Waals surface area contributed by atoms with E-state index in [0.717, 1.165) is 16.8 Å². The summed E-state index contributed by atoms with van der Waals surface area (Å²) in [6, 6.07) is 13.2. The summed E-state index contributed by atoms with van der Waals surface area (Å²) in [5.74, 6) is -0.213. The molecule has 0 saturated carbocycles. The van der Waals surface area contributed by atoms with Gasteiger partial charge in [-0.2, -0.15) is 0 Å². The van der Waals surface area contributed by atoms with E-state index in [2.05, 4.69) is 0 Å². The molecule has 0 radical (unpaired) electrons. The Labute approximate surface area is 145 Å². The minimum absolute atomic E-state index is 0.194. The van der Waals surface area contributed by atoms with Gasteiger partial charge in [0, 0.05) is 5.56 Å². The standard InChI is InChI=1S/C19H19NO5/c1-22-16-8-7-13(11-17(16)23-2)12-20-15-6-4-3-5-14(15)19(18(20)21)24-9-10-25-19/h3-8,11H,9-10,12H2,1-2H3. The number of anilines is 1. The summed E-state index contributed by atoms with van der Waals surface area (Å²) in [7, 11) is 3.18. The van der Waals surface area contributed by atoms with Gasteiger partial charge in [-0.3, -0.25) is 4.79 Å². The molecular formula is C19H19NO5. The number of hydrogen-bond donors (Lipinski definition) is 0. The summed E-state index contributed by atoms with van der Waals surface area (Å²) >= 11 is 0. The van der Waals surface area contributed by atoms with Gasteiger partial charge in [0.05, 0.1) is 39.7 Å². The molecule has 0 aliphatic carbocycles. The maximum absolute atomic E-state index is 13.1. The summed E-state index contributed by atoms with van der Waals surface area (Å²) in [6.07, 6.45) is 0. The Morgan fingerprint density at radius 2 is 1.76 bits per heavy atom. The van der Waals surface area contributed by atoms with Crippen molar-refractivity contribution in [3.63, 3.8) is 0 Å². The smallest absolute Gasteiger partial charge is 0.292 e. The van der Waals surface area contributed by atoms with Crippen LogP contribution in [0.4, 0.5) is 5.69 Å². The Kier molecular flexibility index (Phi) is 3.86. The predicted octanol–water partition coefficient (Wildman–Crippen LogP) is 2.45. The average molecular weight is 341 g/mol. The van der Waals surface area contributed by atoms with Crippen LogP contribution in [0.15, 0.2) is 42.5 Å². The van der Waals surface area contributed by atoms with Gasteiger partial charge in [0.1, 0.15) is 0 Å². The summed E-state index contributed by atoms with van der Waals surface area (Å²) in [5, 5.41) is 0. The van der Waals surface area contributed by atoms with E-state index in [4.69, 9.17) is 18.9 Å². The molecule has 1 fully saturated rings. The van der Waals surface area contributed by atoms with Crippen LogP contribution in [0, 0.1) is 0 Å². The lowest BCUT2D eigenvalue weighted by atomic mass is 10.1. The van der Waals surface area contributed by atoms with Crippen LogP contribution in [0.3, 0.4) is 0 Å². The number of nitrogens with zero attached hydrogens (tertiary/aromatic N) is 1. The molecule has 1 amide bonds. The van der Waals surface area contributed by atoms with Gasteiger partial charge in [-0.05, 0) is 23.8 Å². The molecule has 6 heteroatoms. The Hall–Kier alpha value is -2.57. The molecule has 2 aromatic rings. The number of carbonyl (C=O) groups excluding carboxylic acids is 1. The first-order valence-corrected chi connectivity index (χ1v) is 8.10. The van der Waals surface area contributed by atoms with E-state index in [1.54, 1.807) is 19.1 Å². The number of amides is 1. The lowest BCUT2D eigenvalue weighted by molar-refractivity contribution is -0.180. The van der Waals surface area contributed by atoms with Crippen molar-refractivity contribution in [2.24, 2.45) is 0 Å². The molecule has 2 aromatic carbocycles. The first-order valence-electron chi connectivity index (χ1n) is 8.10. The van der Waals surface area contributed by atoms with Gasteiger partial charge in [0.2, 0.25) is 0 Å². The highest BCUT2D eigenvalue weighted by atomic mass is 16.7. The highest BCUT2D eigenvalue weighted by molar-refractivity contribution is 6.06. The van der Waals surface area contributed by atoms with Gasteiger partial charge in [-0.1, -0.05) is 24.3 Å². The van der Waals surface area contributed by atoms with Crippen LogP contribution >= 0.6 is 0 Å². The second-order valence-corrected chi connectivity index (χ2v) is 5.91. The van der Waals surface area contributed by atoms with Crippen LogP contribution in [-0.2, 0) is 26.6 Å². The van der Waals surface area contributed by atoms with Crippen LogP contribution < -0.4 is 14.4 Å². The number of fused-ring (bicyclic) bond motifs is 2. The van der Waals surface area contributed by atoms with E-state index in [-0.39, 0.29) is 5.91 Å². The SMILES string of the molecule is COc1ccc(CN2C(=O)C3(OCCO3)c3ccccc32)cc1OC. The van der Waals surface area contributed by atoms with Crippen molar-refractivity contribution in [2.75, 3.05) is 32.3 Å². The third kappa shape index (κ3) is 2.37. The van der Waals surface area contributed by atoms with Crippen LogP contribution in [0.1, 0.15) is 11.1 Å². The quantitative estimate of drug-likeness (QED) is 0.855. The van der Waals surface area contributed by atoms with E-state index >= 15 is 0 Å². The molecule has 6 nitrogen and oxygen atoms in total. The largest absolute Gasteiger partial charge is 0.493 e. The third-order valence-corrected chi connectivity index (χ3v) is 4.56. The fourth-order valence-electron chi connectivity index (χ4n) is 3.40. The molecule has 0 bridgehead atoms. The maximum atomic E-state index is 13.1. The van der Waals surface area contributed by atoms with E-state index < -0.39 is 5.79 Å². The molecule has 0 atom stereocenters. The fourth-order valence-corrected chi connectivity index (χ4v) is 3.40. The average Bonchev–Trinajstić information content (AvgIpc) is 3.23. The van der Waals surface area contributed by atoms with Crippen molar-refractivity contribution >= 4 is 11.6 Å². The molecule has 0 aromatic heterocycles. The van der Waals surface area contributed by atoms with Crippen LogP contribution in [0.2, 0.25) is 0 Å². The van der Waals surface area contributed by atoms with Crippen LogP contribution in [0.5, 0.6) is 11.5 Å². The zero-order valence-corrected chi connectivity index (χ0v) is 14.2. The number of benzene rings is 2. The number of rotatable bonds is 4. The molecule has 1 spiro atoms. The molecule has 2 aliphatic heterocycles. The number of carbonyl (C=O) groups is 1. The van der Waals surface area contributed by atoms with Gasteiger partial charge >= 0.3 is 0 Å². The second kappa shape index (κ2) is 6.06. The molecule has 1 saturated heterocycles. The van der Waals surface area contributed by atoms with Crippen molar-refractivity contribution in [1.29, 1.82) is 0 Å². The Balaban J connectivity index is 1.71. The maximum Gasteiger partial charge on any atom is 0.292 e. The zero-order chi connectivity index (χ0) is 17.4. The number of hydrogen-bond acceptors (Lipinski definition) is 5. The van der Waals surface area contributed by atoms with Crippen molar-refractivity contribution < 1.29 is 23.7 Å². The Morgan fingerprint density at radius 3 is 2.48 bits per heavy atom. The minimum Gasteiger partial charge on any atom is -0.493 e. The van der Waals surface area contributed by atoms with Crippen molar-refractivity contribution in [3.05, 3.63) is 53.6 Å². The molecule has 25 heavy (non-hydrogen) atoms. The van der Waals surface area contributed by atoms with Crippen molar-refractivity contribution in [2.45, 2.75) is 12.3 Å². The van der Waals surface area contributed by atoms with Crippen molar-refractivity contribution in [3.8, 4) is 11.5 Å². The predicted molar refractivity (Wildman–Crippen MR) is 90.8 cm³/mol. The number of ether oxygens (including phenoxy) is 4. The first-order chi connectivity index (χ1) is 12.2. The van der Waals surface area contributed by atoms with E-state index in [9.17, 15) is 4.79 Å². The van der Waals surface area contributed by atoms with E-state index in [0.29, 0.717) is 31.3 Å². The molecular weight excluding hydrogens is 322 g/mol. The van der Waals surface area contributed by atoms with Crippen LogP contribution in [-0.4, -0.2) is 33.3 Å². The summed E-state index contributed by atoms with van der Waals surface area (Å²) in [6.45, 7) is 1.21. The molecule has 2 heterocycles. The van der Waals surface area contributed by atoms with Crippen molar-refractivity contribution in [1.82, 2.24) is 0 Å². The highest BCUT2D eigenvalue weighted by Gasteiger charge is 2.55. The highest BCUT2D eigenvalue weighted by Crippen LogP contribution is 2.46.